The van der Waals surface area contributed by atoms with Gasteiger partial charge in [-0.1, -0.05) is 35.9 Å². The molecule has 3 atom stereocenters. The summed E-state index contributed by atoms with van der Waals surface area (Å²) in [4.78, 5) is 43.0. The van der Waals surface area contributed by atoms with E-state index in [1.54, 1.807) is 23.1 Å². The van der Waals surface area contributed by atoms with Gasteiger partial charge in [0.05, 0.1) is 0 Å². The molecule has 0 bridgehead atoms. The van der Waals surface area contributed by atoms with Crippen LogP contribution in [0.15, 0.2) is 42.5 Å². The van der Waals surface area contributed by atoms with Crippen molar-refractivity contribution >= 4 is 35.0 Å². The Balaban J connectivity index is 1.46. The summed E-state index contributed by atoms with van der Waals surface area (Å²) in [6.45, 7) is 2.53. The molecule has 1 fully saturated rings. The van der Waals surface area contributed by atoms with Crippen LogP contribution in [0, 0.1) is 6.92 Å². The van der Waals surface area contributed by atoms with Gasteiger partial charge in [0.15, 0.2) is 0 Å². The quantitative estimate of drug-likeness (QED) is 0.353. The summed E-state index contributed by atoms with van der Waals surface area (Å²) >= 11 is 6.08. The summed E-state index contributed by atoms with van der Waals surface area (Å²) in [6.07, 6.45) is -1.23. The molecule has 39 heavy (non-hydrogen) atoms. The molecule has 5 N–H and O–H groups in total. The van der Waals surface area contributed by atoms with Crippen LogP contribution >= 0.6 is 11.6 Å². The van der Waals surface area contributed by atoms with Gasteiger partial charge in [0.1, 0.15) is 24.5 Å². The zero-order chi connectivity index (χ0) is 28.1. The van der Waals surface area contributed by atoms with Crippen molar-refractivity contribution in [1.29, 1.82) is 0 Å². The van der Waals surface area contributed by atoms with Crippen LogP contribution in [0.3, 0.4) is 0 Å². The Labute approximate surface area is 232 Å². The average molecular weight is 560 g/mol. The molecule has 2 aliphatic rings. The first-order valence-corrected chi connectivity index (χ1v) is 13.5. The highest BCUT2D eigenvalue weighted by Crippen LogP contribution is 2.26. The van der Waals surface area contributed by atoms with Crippen LogP contribution in [0.1, 0.15) is 36.0 Å². The molecule has 0 spiro atoms. The molecule has 4 rings (SSSR count). The third-order valence-electron chi connectivity index (χ3n) is 7.29. The maximum absolute atomic E-state index is 13.6. The molecular formula is C28H35ClFN5O4. The van der Waals surface area contributed by atoms with Gasteiger partial charge in [0.25, 0.3) is 0 Å². The lowest BCUT2D eigenvalue weighted by Gasteiger charge is -2.39. The number of anilines is 1. The molecule has 2 aromatic rings. The van der Waals surface area contributed by atoms with Gasteiger partial charge >= 0.3 is 0 Å². The molecule has 210 valence electrons. The van der Waals surface area contributed by atoms with E-state index in [9.17, 15) is 23.9 Å². The number of hydrogen-bond acceptors (Lipinski definition) is 6. The van der Waals surface area contributed by atoms with Crippen LogP contribution in [0.4, 0.5) is 10.1 Å². The highest BCUT2D eigenvalue weighted by Gasteiger charge is 2.37. The summed E-state index contributed by atoms with van der Waals surface area (Å²) in [7, 11) is 0. The van der Waals surface area contributed by atoms with Gasteiger partial charge in [-0.3, -0.25) is 19.3 Å². The number of nitrogens with two attached hydrogens (primary N) is 1. The Kier molecular flexibility index (Phi) is 9.55. The van der Waals surface area contributed by atoms with Gasteiger partial charge < -0.3 is 26.4 Å². The molecule has 2 heterocycles. The van der Waals surface area contributed by atoms with Gasteiger partial charge in [-0.05, 0) is 61.2 Å². The zero-order valence-electron chi connectivity index (χ0n) is 21.9. The van der Waals surface area contributed by atoms with Crippen LogP contribution in [0.5, 0.6) is 0 Å². The maximum atomic E-state index is 13.6. The minimum Gasteiger partial charge on any atom is -0.378 e. The smallest absolute Gasteiger partial charge is 0.246 e. The molecule has 9 nitrogen and oxygen atoms in total. The van der Waals surface area contributed by atoms with Crippen molar-refractivity contribution in [1.82, 2.24) is 15.1 Å². The van der Waals surface area contributed by atoms with E-state index in [-0.39, 0.29) is 51.3 Å². The number of nitrogens with one attached hydrogen (secondary N) is 2. The second kappa shape index (κ2) is 12.9. The summed E-state index contributed by atoms with van der Waals surface area (Å²) < 4.78 is 13.2. The SMILES string of the molecule is Cc1cc(NC(=O)[C@H](CCN)NC(=O)[C@@H]2Cc3ccccc3CN2C(=O)CCC(O)N2CC(F)C2)ccc1Cl. The van der Waals surface area contributed by atoms with Crippen LogP contribution in [0.25, 0.3) is 0 Å². The zero-order valence-corrected chi connectivity index (χ0v) is 22.7. The number of nitrogens with zero attached hydrogens (tertiary/aromatic N) is 2. The van der Waals surface area contributed by atoms with Crippen molar-refractivity contribution in [3.63, 3.8) is 0 Å². The van der Waals surface area contributed by atoms with Gasteiger partial charge in [0, 0.05) is 43.2 Å². The van der Waals surface area contributed by atoms with Gasteiger partial charge in [-0.15, -0.1) is 0 Å². The number of benzene rings is 2. The van der Waals surface area contributed by atoms with Crippen LogP contribution in [-0.2, 0) is 27.3 Å². The van der Waals surface area contributed by atoms with E-state index in [1.165, 1.54) is 4.90 Å². The van der Waals surface area contributed by atoms with E-state index >= 15 is 0 Å². The number of rotatable bonds is 10. The highest BCUT2D eigenvalue weighted by molar-refractivity contribution is 6.31. The first kappa shape index (κ1) is 28.9. The van der Waals surface area contributed by atoms with Crippen molar-refractivity contribution in [2.75, 3.05) is 25.0 Å². The van der Waals surface area contributed by atoms with E-state index in [0.717, 1.165) is 16.7 Å². The largest absolute Gasteiger partial charge is 0.378 e. The lowest BCUT2D eigenvalue weighted by atomic mass is 9.92. The minimum atomic E-state index is -0.954. The third kappa shape index (κ3) is 7.13. The summed E-state index contributed by atoms with van der Waals surface area (Å²) in [5.74, 6) is -1.17. The number of hydrogen-bond donors (Lipinski definition) is 4. The molecule has 11 heteroatoms. The highest BCUT2D eigenvalue weighted by atomic mass is 35.5. The first-order valence-electron chi connectivity index (χ1n) is 13.2. The number of amides is 3. The van der Waals surface area contributed by atoms with Crippen molar-refractivity contribution in [3.8, 4) is 0 Å². The molecule has 0 aromatic heterocycles. The van der Waals surface area contributed by atoms with E-state index < -0.39 is 36.3 Å². The predicted octanol–water partition coefficient (Wildman–Crippen LogP) is 2.13. The van der Waals surface area contributed by atoms with Crippen LogP contribution < -0.4 is 16.4 Å². The minimum absolute atomic E-state index is 0.00317. The number of aliphatic hydroxyl groups is 1. The second-order valence-corrected chi connectivity index (χ2v) is 10.6. The van der Waals surface area contributed by atoms with Gasteiger partial charge in [-0.25, -0.2) is 4.39 Å². The summed E-state index contributed by atoms with van der Waals surface area (Å²) in [6, 6.07) is 10.9. The second-order valence-electron chi connectivity index (χ2n) is 10.2. The van der Waals surface area contributed by atoms with Crippen molar-refractivity contribution < 1.29 is 23.9 Å². The monoisotopic (exact) mass is 559 g/mol. The molecule has 1 saturated heterocycles. The molecule has 2 aromatic carbocycles. The molecule has 0 radical (unpaired) electrons. The molecule has 0 aliphatic carbocycles. The summed E-state index contributed by atoms with van der Waals surface area (Å²) in [5, 5.41) is 16.5. The number of halogens is 2. The molecular weight excluding hydrogens is 525 g/mol. The normalized spacial score (nSPS) is 19.0. The number of fused-ring (bicyclic) bond motifs is 1. The lowest BCUT2D eigenvalue weighted by molar-refractivity contribution is -0.144. The number of carbonyl (C=O) groups is 3. The number of aliphatic hydroxyl groups excluding tert-OH is 1. The predicted molar refractivity (Wildman–Crippen MR) is 147 cm³/mol. The topological polar surface area (TPSA) is 128 Å². The van der Waals surface area contributed by atoms with Crippen molar-refractivity contribution in [3.05, 3.63) is 64.2 Å². The summed E-state index contributed by atoms with van der Waals surface area (Å²) in [5.41, 5.74) is 8.98. The molecule has 1 unspecified atom stereocenters. The number of alkyl halides is 1. The Morgan fingerprint density at radius 3 is 2.54 bits per heavy atom. The number of carbonyl (C=O) groups excluding carboxylic acids is 3. The van der Waals surface area contributed by atoms with E-state index in [4.69, 9.17) is 17.3 Å². The standard InChI is InChI=1S/C28H35ClFN5O4/c1-17-12-21(6-7-22(17)29)32-27(38)23(10-11-31)33-28(39)24-13-18-4-2-3-5-19(18)14-35(24)26(37)9-8-25(36)34-15-20(30)16-34/h2-7,12,20,23-25,36H,8-11,13-16,31H2,1H3,(H,32,38)(H,33,39)/t23-,24-,25?/m0/s1. The Morgan fingerprint density at radius 1 is 1.15 bits per heavy atom. The third-order valence-corrected chi connectivity index (χ3v) is 7.71. The van der Waals surface area contributed by atoms with Crippen LogP contribution in [-0.4, -0.2) is 76.7 Å². The van der Waals surface area contributed by atoms with Gasteiger partial charge in [-0.2, -0.15) is 0 Å². The lowest BCUT2D eigenvalue weighted by Crippen LogP contribution is -2.56. The molecule has 3 amide bonds. The fourth-order valence-electron chi connectivity index (χ4n) is 4.95. The van der Waals surface area contributed by atoms with E-state index in [2.05, 4.69) is 10.6 Å². The van der Waals surface area contributed by atoms with E-state index in [1.807, 2.05) is 31.2 Å². The van der Waals surface area contributed by atoms with Crippen molar-refractivity contribution in [2.45, 2.75) is 63.6 Å². The number of likely N-dealkylation sites (tertiary alicyclic amines) is 1. The molecule has 2 aliphatic heterocycles. The van der Waals surface area contributed by atoms with Gasteiger partial charge in [0.2, 0.25) is 17.7 Å². The Bertz CT molecular complexity index is 1210. The van der Waals surface area contributed by atoms with Crippen LogP contribution in [0.2, 0.25) is 5.02 Å². The van der Waals surface area contributed by atoms with E-state index in [0.29, 0.717) is 17.1 Å². The maximum Gasteiger partial charge on any atom is 0.246 e. The fraction of sp³-hybridized carbons (Fsp3) is 0.464. The Morgan fingerprint density at radius 2 is 1.87 bits per heavy atom. The first-order chi connectivity index (χ1) is 18.7. The average Bonchev–Trinajstić information content (AvgIpc) is 2.90. The fourth-order valence-corrected chi connectivity index (χ4v) is 5.07. The number of aryl methyl sites for hydroxylation is 1. The van der Waals surface area contributed by atoms with Crippen molar-refractivity contribution in [2.24, 2.45) is 5.73 Å². The Hall–Kier alpha value is -3.05. The molecule has 0 saturated carbocycles.